The lowest BCUT2D eigenvalue weighted by molar-refractivity contribution is -0.0375. The van der Waals surface area contributed by atoms with E-state index in [-0.39, 0.29) is 12.4 Å². The molecule has 108 valence electrons. The first kappa shape index (κ1) is 15.9. The van der Waals surface area contributed by atoms with Crippen molar-refractivity contribution in [3.8, 4) is 5.75 Å². The molecule has 4 nitrogen and oxygen atoms in total. The summed E-state index contributed by atoms with van der Waals surface area (Å²) in [5, 5.41) is 10.5. The van der Waals surface area contributed by atoms with Crippen molar-refractivity contribution in [3.05, 3.63) is 29.6 Å². The lowest BCUT2D eigenvalue weighted by atomic mass is 9.90. The molecule has 0 fully saturated rings. The average Bonchev–Trinajstić information content (AvgIpc) is 2.37. The molecule has 0 saturated carbocycles. The quantitative estimate of drug-likeness (QED) is 0.752. The summed E-state index contributed by atoms with van der Waals surface area (Å²) < 4.78 is 23.5. The molecule has 0 aliphatic carbocycles. The molecule has 0 aliphatic rings. The highest BCUT2D eigenvalue weighted by molar-refractivity contribution is 5.30. The Morgan fingerprint density at radius 2 is 2.11 bits per heavy atom. The standard InChI is InChI=1S/C14H22FNO3/c1-18-10-14(17,6-3-7-16)9-11-4-5-13(19-2)12(15)8-11/h4-5,8,17H,3,6-7,9-10,16H2,1-2H3. The van der Waals surface area contributed by atoms with Crippen LogP contribution in [0.4, 0.5) is 4.39 Å². The number of nitrogens with two attached hydrogens (primary N) is 1. The van der Waals surface area contributed by atoms with Gasteiger partial charge in [0.1, 0.15) is 0 Å². The van der Waals surface area contributed by atoms with Gasteiger partial charge in [-0.3, -0.25) is 0 Å². The summed E-state index contributed by atoms with van der Waals surface area (Å²) in [6.07, 6.45) is 1.53. The highest BCUT2D eigenvalue weighted by Gasteiger charge is 2.27. The molecule has 1 aromatic carbocycles. The number of halogens is 1. The van der Waals surface area contributed by atoms with Gasteiger partial charge in [0.2, 0.25) is 0 Å². The number of aliphatic hydroxyl groups is 1. The third kappa shape index (κ3) is 4.78. The Kier molecular flexibility index (Phi) is 6.21. The molecule has 0 bridgehead atoms. The molecule has 3 N–H and O–H groups in total. The summed E-state index contributed by atoms with van der Waals surface area (Å²) in [7, 11) is 2.95. The maximum Gasteiger partial charge on any atom is 0.165 e. The summed E-state index contributed by atoms with van der Waals surface area (Å²) >= 11 is 0. The fraction of sp³-hybridized carbons (Fsp3) is 0.571. The van der Waals surface area contributed by atoms with Crippen molar-refractivity contribution < 1.29 is 19.0 Å². The van der Waals surface area contributed by atoms with Crippen LogP contribution in [0, 0.1) is 5.82 Å². The Balaban J connectivity index is 2.80. The van der Waals surface area contributed by atoms with Crippen LogP contribution in [0.25, 0.3) is 0 Å². The molecule has 1 aromatic rings. The van der Waals surface area contributed by atoms with Gasteiger partial charge in [0.25, 0.3) is 0 Å². The van der Waals surface area contributed by atoms with Crippen molar-refractivity contribution in [2.45, 2.75) is 24.9 Å². The molecule has 1 atom stereocenters. The molecular formula is C14H22FNO3. The minimum Gasteiger partial charge on any atom is -0.494 e. The van der Waals surface area contributed by atoms with E-state index in [1.54, 1.807) is 12.1 Å². The van der Waals surface area contributed by atoms with Crippen LogP contribution in [0.1, 0.15) is 18.4 Å². The van der Waals surface area contributed by atoms with Crippen molar-refractivity contribution >= 4 is 0 Å². The van der Waals surface area contributed by atoms with Crippen LogP contribution < -0.4 is 10.5 Å². The number of benzene rings is 1. The van der Waals surface area contributed by atoms with E-state index in [4.69, 9.17) is 15.2 Å². The van der Waals surface area contributed by atoms with Crippen LogP contribution in [0.15, 0.2) is 18.2 Å². The van der Waals surface area contributed by atoms with Gasteiger partial charge in [-0.25, -0.2) is 4.39 Å². The second-order valence-electron chi connectivity index (χ2n) is 4.70. The Hall–Kier alpha value is -1.17. The van der Waals surface area contributed by atoms with Gasteiger partial charge in [0.05, 0.1) is 19.3 Å². The number of hydrogen-bond donors (Lipinski definition) is 2. The number of ether oxygens (including phenoxy) is 2. The summed E-state index contributed by atoms with van der Waals surface area (Å²) in [6.45, 7) is 0.698. The Bertz CT molecular complexity index is 400. The molecule has 1 rings (SSSR count). The van der Waals surface area contributed by atoms with Gasteiger partial charge in [-0.2, -0.15) is 0 Å². The Morgan fingerprint density at radius 3 is 2.63 bits per heavy atom. The number of rotatable bonds is 8. The molecule has 5 heteroatoms. The highest BCUT2D eigenvalue weighted by atomic mass is 19.1. The van der Waals surface area contributed by atoms with Gasteiger partial charge >= 0.3 is 0 Å². The lowest BCUT2D eigenvalue weighted by Gasteiger charge is -2.27. The van der Waals surface area contributed by atoms with Crippen LogP contribution in [0.3, 0.4) is 0 Å². The van der Waals surface area contributed by atoms with Gasteiger partial charge in [-0.05, 0) is 37.1 Å². The first-order valence-electron chi connectivity index (χ1n) is 6.28. The molecule has 0 aliphatic heterocycles. The first-order valence-corrected chi connectivity index (χ1v) is 6.28. The molecule has 0 radical (unpaired) electrons. The zero-order valence-electron chi connectivity index (χ0n) is 11.5. The minimum absolute atomic E-state index is 0.195. The average molecular weight is 271 g/mol. The molecule has 0 aromatic heterocycles. The van der Waals surface area contributed by atoms with Crippen LogP contribution in [-0.4, -0.2) is 38.1 Å². The van der Waals surface area contributed by atoms with Crippen molar-refractivity contribution in [3.63, 3.8) is 0 Å². The second-order valence-corrected chi connectivity index (χ2v) is 4.70. The van der Waals surface area contributed by atoms with E-state index in [0.29, 0.717) is 31.4 Å². The topological polar surface area (TPSA) is 64.7 Å². The van der Waals surface area contributed by atoms with Crippen LogP contribution in [-0.2, 0) is 11.2 Å². The number of hydrogen-bond acceptors (Lipinski definition) is 4. The van der Waals surface area contributed by atoms with E-state index in [1.165, 1.54) is 20.3 Å². The van der Waals surface area contributed by atoms with E-state index in [0.717, 1.165) is 0 Å². The molecule has 19 heavy (non-hydrogen) atoms. The normalized spacial score (nSPS) is 14.2. The Labute approximate surface area is 113 Å². The first-order chi connectivity index (χ1) is 9.04. The summed E-state index contributed by atoms with van der Waals surface area (Å²) in [5.41, 5.74) is 5.14. The van der Waals surface area contributed by atoms with Crippen molar-refractivity contribution in [2.24, 2.45) is 5.73 Å². The van der Waals surface area contributed by atoms with E-state index in [1.807, 2.05) is 0 Å². The third-order valence-electron chi connectivity index (χ3n) is 3.01. The van der Waals surface area contributed by atoms with Crippen molar-refractivity contribution in [1.29, 1.82) is 0 Å². The molecule has 0 saturated heterocycles. The predicted octanol–water partition coefficient (Wildman–Crippen LogP) is 1.49. The zero-order chi connectivity index (χ0) is 14.3. The third-order valence-corrected chi connectivity index (χ3v) is 3.01. The molecule has 0 amide bonds. The van der Waals surface area contributed by atoms with Crippen molar-refractivity contribution in [2.75, 3.05) is 27.4 Å². The van der Waals surface area contributed by atoms with Crippen LogP contribution in [0.5, 0.6) is 5.75 Å². The highest BCUT2D eigenvalue weighted by Crippen LogP contribution is 2.23. The Morgan fingerprint density at radius 1 is 1.37 bits per heavy atom. The van der Waals surface area contributed by atoms with Gasteiger partial charge < -0.3 is 20.3 Å². The van der Waals surface area contributed by atoms with Gasteiger partial charge in [0.15, 0.2) is 11.6 Å². The van der Waals surface area contributed by atoms with E-state index >= 15 is 0 Å². The molecule has 1 unspecified atom stereocenters. The lowest BCUT2D eigenvalue weighted by Crippen LogP contribution is -2.37. The fourth-order valence-corrected chi connectivity index (χ4v) is 2.11. The van der Waals surface area contributed by atoms with E-state index in [9.17, 15) is 9.50 Å². The predicted molar refractivity (Wildman–Crippen MR) is 71.8 cm³/mol. The van der Waals surface area contributed by atoms with E-state index in [2.05, 4.69) is 0 Å². The maximum absolute atomic E-state index is 13.6. The molecule has 0 heterocycles. The minimum atomic E-state index is -1.02. The number of methoxy groups -OCH3 is 2. The smallest absolute Gasteiger partial charge is 0.165 e. The fourth-order valence-electron chi connectivity index (χ4n) is 2.11. The van der Waals surface area contributed by atoms with Crippen molar-refractivity contribution in [1.82, 2.24) is 0 Å². The van der Waals surface area contributed by atoms with Crippen LogP contribution in [0.2, 0.25) is 0 Å². The summed E-state index contributed by atoms with van der Waals surface area (Å²) in [6, 6.07) is 4.67. The van der Waals surface area contributed by atoms with Crippen LogP contribution >= 0.6 is 0 Å². The van der Waals surface area contributed by atoms with Gasteiger partial charge in [-0.1, -0.05) is 6.07 Å². The summed E-state index contributed by atoms with van der Waals surface area (Å²) in [4.78, 5) is 0. The molecular weight excluding hydrogens is 249 g/mol. The molecule has 0 spiro atoms. The zero-order valence-corrected chi connectivity index (χ0v) is 11.5. The summed E-state index contributed by atoms with van der Waals surface area (Å²) in [5.74, 6) is -0.236. The largest absolute Gasteiger partial charge is 0.494 e. The van der Waals surface area contributed by atoms with Gasteiger partial charge in [-0.15, -0.1) is 0 Å². The monoisotopic (exact) mass is 271 g/mol. The SMILES string of the molecule is COCC(O)(CCCN)Cc1ccc(OC)c(F)c1. The van der Waals surface area contributed by atoms with E-state index < -0.39 is 11.4 Å². The van der Waals surface area contributed by atoms with Gasteiger partial charge in [0, 0.05) is 13.5 Å². The second kappa shape index (κ2) is 7.43. The maximum atomic E-state index is 13.6.